The number of rotatable bonds is 3. The summed E-state index contributed by atoms with van der Waals surface area (Å²) in [5, 5.41) is 3.38. The highest BCUT2D eigenvalue weighted by atomic mass is 15.2. The zero-order chi connectivity index (χ0) is 11.5. The third-order valence-electron chi connectivity index (χ3n) is 3.01. The van der Waals surface area contributed by atoms with Crippen molar-refractivity contribution in [3.05, 3.63) is 17.5 Å². The molecule has 0 bridgehead atoms. The van der Waals surface area contributed by atoms with Crippen LogP contribution in [0, 0.1) is 19.8 Å². The van der Waals surface area contributed by atoms with Gasteiger partial charge in [-0.25, -0.2) is 9.97 Å². The molecule has 0 amide bonds. The van der Waals surface area contributed by atoms with Crippen LogP contribution in [0.1, 0.15) is 17.8 Å². The average Bonchev–Trinajstić information content (AvgIpc) is 2.68. The van der Waals surface area contributed by atoms with Gasteiger partial charge in [0.25, 0.3) is 0 Å². The summed E-state index contributed by atoms with van der Waals surface area (Å²) >= 11 is 0. The van der Waals surface area contributed by atoms with Gasteiger partial charge in [-0.3, -0.25) is 0 Å². The van der Waals surface area contributed by atoms with Crippen LogP contribution in [-0.4, -0.2) is 36.6 Å². The lowest BCUT2D eigenvalue weighted by molar-refractivity contribution is 0.572. The molecule has 1 aromatic heterocycles. The van der Waals surface area contributed by atoms with E-state index in [1.54, 1.807) is 0 Å². The minimum absolute atomic E-state index is 0.731. The lowest BCUT2D eigenvalue weighted by atomic mass is 10.1. The predicted molar refractivity (Wildman–Crippen MR) is 65.8 cm³/mol. The van der Waals surface area contributed by atoms with Crippen molar-refractivity contribution in [2.24, 2.45) is 5.92 Å². The summed E-state index contributed by atoms with van der Waals surface area (Å²) in [5.41, 5.74) is 2.08. The molecule has 2 rings (SSSR count). The van der Waals surface area contributed by atoms with Gasteiger partial charge >= 0.3 is 0 Å². The van der Waals surface area contributed by atoms with Crippen LogP contribution in [0.25, 0.3) is 0 Å². The number of aryl methyl sites for hydroxylation is 2. The Kier molecular flexibility index (Phi) is 3.39. The predicted octanol–water partition coefficient (Wildman–Crippen LogP) is 1.14. The van der Waals surface area contributed by atoms with Gasteiger partial charge in [-0.2, -0.15) is 0 Å². The Bertz CT molecular complexity index is 338. The summed E-state index contributed by atoms with van der Waals surface area (Å²) in [6.45, 7) is 7.34. The van der Waals surface area contributed by atoms with Crippen molar-refractivity contribution < 1.29 is 0 Å². The molecule has 0 spiro atoms. The normalized spacial score (nSPS) is 20.1. The Morgan fingerprint density at radius 2 is 2.06 bits per heavy atom. The van der Waals surface area contributed by atoms with Crippen LogP contribution in [0.4, 0.5) is 5.95 Å². The molecule has 0 unspecified atom stereocenters. The van der Waals surface area contributed by atoms with Crippen molar-refractivity contribution in [1.29, 1.82) is 0 Å². The van der Waals surface area contributed by atoms with E-state index in [1.165, 1.54) is 6.42 Å². The molecule has 0 aromatic carbocycles. The fraction of sp³-hybridized carbons (Fsp3) is 0.667. The average molecular weight is 220 g/mol. The van der Waals surface area contributed by atoms with Crippen LogP contribution in [0.15, 0.2) is 6.07 Å². The van der Waals surface area contributed by atoms with Crippen LogP contribution in [0.5, 0.6) is 0 Å². The molecular formula is C12H20N4. The Hall–Kier alpha value is -1.16. The third-order valence-corrected chi connectivity index (χ3v) is 3.01. The minimum Gasteiger partial charge on any atom is -0.344 e. The van der Waals surface area contributed by atoms with Gasteiger partial charge in [-0.1, -0.05) is 0 Å². The molecule has 0 aliphatic carbocycles. The highest BCUT2D eigenvalue weighted by Gasteiger charge is 2.17. The Labute approximate surface area is 97.1 Å². The van der Waals surface area contributed by atoms with Gasteiger partial charge in [0.1, 0.15) is 0 Å². The molecule has 1 N–H and O–H groups in total. The van der Waals surface area contributed by atoms with Crippen molar-refractivity contribution in [3.8, 4) is 0 Å². The zero-order valence-electron chi connectivity index (χ0n) is 10.3. The molecule has 0 saturated carbocycles. The summed E-state index contributed by atoms with van der Waals surface area (Å²) < 4.78 is 0. The molecule has 0 radical (unpaired) electrons. The van der Waals surface area contributed by atoms with Gasteiger partial charge < -0.3 is 10.2 Å². The standard InChI is InChI=1S/C12H20N4/c1-9-6-10(2)15-12(14-9)16(3)8-11-4-5-13-7-11/h6,11,13H,4-5,7-8H2,1-3H3/t11-/m0/s1. The van der Waals surface area contributed by atoms with Crippen molar-refractivity contribution in [2.75, 3.05) is 31.6 Å². The minimum atomic E-state index is 0.731. The molecule has 1 aromatic rings. The molecule has 1 saturated heterocycles. The first-order valence-corrected chi connectivity index (χ1v) is 5.89. The summed E-state index contributed by atoms with van der Waals surface area (Å²) in [6.07, 6.45) is 1.26. The van der Waals surface area contributed by atoms with Crippen molar-refractivity contribution in [2.45, 2.75) is 20.3 Å². The maximum absolute atomic E-state index is 4.47. The number of anilines is 1. The smallest absolute Gasteiger partial charge is 0.225 e. The van der Waals surface area contributed by atoms with E-state index in [0.29, 0.717) is 0 Å². The number of nitrogens with one attached hydrogen (secondary N) is 1. The first-order valence-electron chi connectivity index (χ1n) is 5.89. The molecule has 88 valence electrons. The fourth-order valence-electron chi connectivity index (χ4n) is 2.22. The van der Waals surface area contributed by atoms with Gasteiger partial charge in [0, 0.05) is 25.0 Å². The Morgan fingerprint density at radius 1 is 1.38 bits per heavy atom. The van der Waals surface area contributed by atoms with E-state index in [9.17, 15) is 0 Å². The molecule has 1 aliphatic heterocycles. The van der Waals surface area contributed by atoms with E-state index in [-0.39, 0.29) is 0 Å². The second-order valence-corrected chi connectivity index (χ2v) is 4.69. The van der Waals surface area contributed by atoms with Gasteiger partial charge in [0.2, 0.25) is 5.95 Å². The van der Waals surface area contributed by atoms with Gasteiger partial charge in [0.05, 0.1) is 0 Å². The van der Waals surface area contributed by atoms with Crippen LogP contribution in [-0.2, 0) is 0 Å². The molecular weight excluding hydrogens is 200 g/mol. The van der Waals surface area contributed by atoms with Crippen molar-refractivity contribution in [3.63, 3.8) is 0 Å². The molecule has 1 fully saturated rings. The third kappa shape index (κ3) is 2.70. The summed E-state index contributed by atoms with van der Waals surface area (Å²) in [4.78, 5) is 11.1. The topological polar surface area (TPSA) is 41.1 Å². The molecule has 4 nitrogen and oxygen atoms in total. The monoisotopic (exact) mass is 220 g/mol. The summed E-state index contributed by atoms with van der Waals surface area (Å²) in [7, 11) is 2.08. The largest absolute Gasteiger partial charge is 0.344 e. The number of aromatic nitrogens is 2. The molecule has 1 atom stereocenters. The molecule has 16 heavy (non-hydrogen) atoms. The van der Waals surface area contributed by atoms with Crippen LogP contribution in [0.3, 0.4) is 0 Å². The molecule has 2 heterocycles. The molecule has 4 heteroatoms. The lowest BCUT2D eigenvalue weighted by Crippen LogP contribution is -2.28. The van der Waals surface area contributed by atoms with Crippen molar-refractivity contribution >= 4 is 5.95 Å². The van der Waals surface area contributed by atoms with E-state index in [4.69, 9.17) is 0 Å². The maximum Gasteiger partial charge on any atom is 0.225 e. The highest BCUT2D eigenvalue weighted by molar-refractivity contribution is 5.30. The number of hydrogen-bond donors (Lipinski definition) is 1. The zero-order valence-corrected chi connectivity index (χ0v) is 10.3. The lowest BCUT2D eigenvalue weighted by Gasteiger charge is -2.21. The first-order chi connectivity index (χ1) is 7.65. The first kappa shape index (κ1) is 11.3. The van der Waals surface area contributed by atoms with E-state index >= 15 is 0 Å². The van der Waals surface area contributed by atoms with Gasteiger partial charge in [0.15, 0.2) is 0 Å². The summed E-state index contributed by atoms with van der Waals surface area (Å²) in [5.74, 6) is 1.58. The van der Waals surface area contributed by atoms with E-state index < -0.39 is 0 Å². The second-order valence-electron chi connectivity index (χ2n) is 4.69. The van der Waals surface area contributed by atoms with Crippen molar-refractivity contribution in [1.82, 2.24) is 15.3 Å². The van der Waals surface area contributed by atoms with Gasteiger partial charge in [-0.15, -0.1) is 0 Å². The van der Waals surface area contributed by atoms with E-state index in [2.05, 4.69) is 27.2 Å². The fourth-order valence-corrected chi connectivity index (χ4v) is 2.22. The Morgan fingerprint density at radius 3 is 2.62 bits per heavy atom. The molecule has 1 aliphatic rings. The van der Waals surface area contributed by atoms with E-state index in [1.807, 2.05) is 19.9 Å². The highest BCUT2D eigenvalue weighted by Crippen LogP contribution is 2.13. The quantitative estimate of drug-likeness (QED) is 0.829. The van der Waals surface area contributed by atoms with Crippen LogP contribution >= 0.6 is 0 Å². The van der Waals surface area contributed by atoms with Crippen LogP contribution in [0.2, 0.25) is 0 Å². The number of hydrogen-bond acceptors (Lipinski definition) is 4. The van der Waals surface area contributed by atoms with Gasteiger partial charge in [-0.05, 0) is 45.3 Å². The second kappa shape index (κ2) is 4.78. The Balaban J connectivity index is 2.04. The van der Waals surface area contributed by atoms with E-state index in [0.717, 1.165) is 42.9 Å². The van der Waals surface area contributed by atoms with Crippen LogP contribution < -0.4 is 10.2 Å². The number of nitrogens with zero attached hydrogens (tertiary/aromatic N) is 3. The maximum atomic E-state index is 4.47. The summed E-state index contributed by atoms with van der Waals surface area (Å²) in [6, 6.07) is 2.01. The SMILES string of the molecule is Cc1cc(C)nc(N(C)C[C@H]2CCNC2)n1.